The standard InChI is InChI=1S/C23H34O8S/c1-22(2,16-32(28,29)15-20(25)31-5)12-7-13-23(3,21(26)27)18-9-6-8-17(14-18)10-11-19(24)30-4/h6,8-9,14H,7,10-13,15-16H2,1-5H3,(H,26,27). The van der Waals surface area contributed by atoms with Gasteiger partial charge in [-0.25, -0.2) is 8.42 Å². The first-order valence-electron chi connectivity index (χ1n) is 10.4. The second-order valence-electron chi connectivity index (χ2n) is 9.04. The first kappa shape index (κ1) is 27.6. The monoisotopic (exact) mass is 470 g/mol. The molecule has 1 unspecified atom stereocenters. The summed E-state index contributed by atoms with van der Waals surface area (Å²) in [5.41, 5.74) is -0.324. The number of carboxylic acids is 1. The quantitative estimate of drug-likeness (QED) is 0.436. The average Bonchev–Trinajstić information content (AvgIpc) is 2.70. The van der Waals surface area contributed by atoms with Gasteiger partial charge in [-0.3, -0.25) is 14.4 Å². The molecule has 0 aromatic heterocycles. The summed E-state index contributed by atoms with van der Waals surface area (Å²) in [6.45, 7) is 5.22. The van der Waals surface area contributed by atoms with Gasteiger partial charge in [-0.05, 0) is 42.7 Å². The zero-order chi connectivity index (χ0) is 24.6. The van der Waals surface area contributed by atoms with Crippen LogP contribution in [0.25, 0.3) is 0 Å². The van der Waals surface area contributed by atoms with E-state index >= 15 is 0 Å². The summed E-state index contributed by atoms with van der Waals surface area (Å²) in [6.07, 6.45) is 1.91. The molecule has 180 valence electrons. The van der Waals surface area contributed by atoms with Crippen molar-refractivity contribution in [3.8, 4) is 0 Å². The molecular formula is C23H34O8S. The van der Waals surface area contributed by atoms with Gasteiger partial charge in [0.1, 0.15) is 5.75 Å². The number of rotatable bonds is 13. The summed E-state index contributed by atoms with van der Waals surface area (Å²) in [5, 5.41) is 9.95. The van der Waals surface area contributed by atoms with Gasteiger partial charge < -0.3 is 14.6 Å². The van der Waals surface area contributed by atoms with Crippen LogP contribution < -0.4 is 0 Å². The minimum Gasteiger partial charge on any atom is -0.481 e. The van der Waals surface area contributed by atoms with Gasteiger partial charge in [-0.15, -0.1) is 0 Å². The largest absolute Gasteiger partial charge is 0.481 e. The Kier molecular flexibility index (Phi) is 9.88. The number of carbonyl (C=O) groups is 3. The summed E-state index contributed by atoms with van der Waals surface area (Å²) in [7, 11) is -1.17. The third-order valence-electron chi connectivity index (χ3n) is 5.59. The Labute approximate surface area is 190 Å². The van der Waals surface area contributed by atoms with Gasteiger partial charge in [-0.2, -0.15) is 0 Å². The number of aliphatic carboxylic acids is 1. The first-order chi connectivity index (χ1) is 14.7. The number of methoxy groups -OCH3 is 2. The maximum Gasteiger partial charge on any atom is 0.320 e. The number of sulfone groups is 1. The molecule has 0 amide bonds. The lowest BCUT2D eigenvalue weighted by molar-refractivity contribution is -0.144. The van der Waals surface area contributed by atoms with Crippen LogP contribution in [0.4, 0.5) is 0 Å². The number of benzene rings is 1. The maximum absolute atomic E-state index is 12.2. The molecule has 0 saturated carbocycles. The number of hydrogen-bond acceptors (Lipinski definition) is 7. The fourth-order valence-corrected chi connectivity index (χ4v) is 5.58. The molecule has 0 fully saturated rings. The minimum atomic E-state index is -3.63. The fraction of sp³-hybridized carbons (Fsp3) is 0.609. The Morgan fingerprint density at radius 3 is 2.19 bits per heavy atom. The van der Waals surface area contributed by atoms with Crippen molar-refractivity contribution in [2.75, 3.05) is 25.7 Å². The Morgan fingerprint density at radius 2 is 1.62 bits per heavy atom. The Bertz CT molecular complexity index is 920. The maximum atomic E-state index is 12.2. The molecule has 1 aromatic carbocycles. The molecule has 9 heteroatoms. The molecule has 1 atom stereocenters. The van der Waals surface area contributed by atoms with E-state index in [0.717, 1.165) is 12.7 Å². The van der Waals surface area contributed by atoms with Crippen LogP contribution in [-0.2, 0) is 45.5 Å². The summed E-state index contributed by atoms with van der Waals surface area (Å²) >= 11 is 0. The van der Waals surface area contributed by atoms with Crippen molar-refractivity contribution in [2.24, 2.45) is 5.41 Å². The Hall–Kier alpha value is -2.42. The van der Waals surface area contributed by atoms with E-state index in [1.807, 2.05) is 6.07 Å². The molecule has 1 rings (SSSR count). The second-order valence-corrected chi connectivity index (χ2v) is 11.1. The van der Waals surface area contributed by atoms with Crippen LogP contribution in [0.5, 0.6) is 0 Å². The van der Waals surface area contributed by atoms with Crippen molar-refractivity contribution in [1.29, 1.82) is 0 Å². The third-order valence-corrected chi connectivity index (χ3v) is 7.48. The van der Waals surface area contributed by atoms with Crippen molar-refractivity contribution in [2.45, 2.75) is 58.3 Å². The second kappa shape index (κ2) is 11.4. The number of carboxylic acid groups (broad SMARTS) is 1. The molecule has 1 aromatic rings. The topological polar surface area (TPSA) is 124 Å². The van der Waals surface area contributed by atoms with Gasteiger partial charge >= 0.3 is 17.9 Å². The lowest BCUT2D eigenvalue weighted by Gasteiger charge is -2.29. The van der Waals surface area contributed by atoms with E-state index in [9.17, 15) is 27.9 Å². The number of aryl methyl sites for hydroxylation is 1. The molecule has 0 spiro atoms. The smallest absolute Gasteiger partial charge is 0.320 e. The van der Waals surface area contributed by atoms with E-state index in [0.29, 0.717) is 31.2 Å². The van der Waals surface area contributed by atoms with Gasteiger partial charge in [-0.1, -0.05) is 44.5 Å². The van der Waals surface area contributed by atoms with Crippen molar-refractivity contribution < 1.29 is 37.4 Å². The van der Waals surface area contributed by atoms with Crippen LogP contribution in [0, 0.1) is 5.41 Å². The number of ether oxygens (including phenoxy) is 2. The molecule has 0 saturated heterocycles. The molecule has 32 heavy (non-hydrogen) atoms. The highest BCUT2D eigenvalue weighted by molar-refractivity contribution is 7.92. The van der Waals surface area contributed by atoms with Crippen molar-refractivity contribution in [1.82, 2.24) is 0 Å². The molecule has 0 radical (unpaired) electrons. The lowest BCUT2D eigenvalue weighted by atomic mass is 9.76. The SMILES string of the molecule is COC(=O)CCc1cccc(C(C)(CCCC(C)(C)CS(=O)(=O)CC(=O)OC)C(=O)O)c1. The molecule has 0 bridgehead atoms. The average molecular weight is 471 g/mol. The highest BCUT2D eigenvalue weighted by atomic mass is 32.2. The van der Waals surface area contributed by atoms with Crippen LogP contribution >= 0.6 is 0 Å². The minimum absolute atomic E-state index is 0.193. The van der Waals surface area contributed by atoms with Gasteiger partial charge in [0.2, 0.25) is 0 Å². The molecule has 0 heterocycles. The van der Waals surface area contributed by atoms with E-state index < -0.39 is 38.4 Å². The number of hydrogen-bond donors (Lipinski definition) is 1. The third kappa shape index (κ3) is 8.61. The summed E-state index contributed by atoms with van der Waals surface area (Å²) in [4.78, 5) is 34.9. The Morgan fingerprint density at radius 1 is 1.00 bits per heavy atom. The van der Waals surface area contributed by atoms with Crippen LogP contribution in [0.3, 0.4) is 0 Å². The van der Waals surface area contributed by atoms with Crippen LogP contribution in [0.1, 0.15) is 57.6 Å². The highest BCUT2D eigenvalue weighted by Crippen LogP contribution is 2.34. The first-order valence-corrected chi connectivity index (χ1v) is 12.2. The lowest BCUT2D eigenvalue weighted by Crippen LogP contribution is -2.34. The van der Waals surface area contributed by atoms with Gasteiger partial charge in [0, 0.05) is 6.42 Å². The molecule has 1 N–H and O–H groups in total. The predicted molar refractivity (Wildman–Crippen MR) is 120 cm³/mol. The molecule has 0 aliphatic heterocycles. The van der Waals surface area contributed by atoms with Crippen molar-refractivity contribution >= 4 is 27.7 Å². The van der Waals surface area contributed by atoms with E-state index in [1.54, 1.807) is 39.0 Å². The summed E-state index contributed by atoms with van der Waals surface area (Å²) in [5.74, 6) is -2.97. The molecule has 0 aliphatic rings. The zero-order valence-electron chi connectivity index (χ0n) is 19.5. The van der Waals surface area contributed by atoms with Crippen LogP contribution in [0.2, 0.25) is 0 Å². The van der Waals surface area contributed by atoms with E-state index in [1.165, 1.54) is 7.11 Å². The van der Waals surface area contributed by atoms with Gasteiger partial charge in [0.15, 0.2) is 9.84 Å². The molecule has 0 aliphatic carbocycles. The zero-order valence-corrected chi connectivity index (χ0v) is 20.3. The Balaban J connectivity index is 2.88. The molecular weight excluding hydrogens is 436 g/mol. The highest BCUT2D eigenvalue weighted by Gasteiger charge is 2.36. The van der Waals surface area contributed by atoms with Crippen molar-refractivity contribution in [3.05, 3.63) is 35.4 Å². The summed E-state index contributed by atoms with van der Waals surface area (Å²) < 4.78 is 33.6. The van der Waals surface area contributed by atoms with E-state index in [-0.39, 0.29) is 18.1 Å². The van der Waals surface area contributed by atoms with Gasteiger partial charge in [0.05, 0.1) is 25.4 Å². The van der Waals surface area contributed by atoms with E-state index in [4.69, 9.17) is 0 Å². The number of carbonyl (C=O) groups excluding carboxylic acids is 2. The normalized spacial score (nSPS) is 13.8. The van der Waals surface area contributed by atoms with E-state index in [2.05, 4.69) is 9.47 Å². The number of esters is 2. The molecule has 8 nitrogen and oxygen atoms in total. The summed E-state index contributed by atoms with van der Waals surface area (Å²) in [6, 6.07) is 7.15. The fourth-order valence-electron chi connectivity index (χ4n) is 3.67. The predicted octanol–water partition coefficient (Wildman–Crippen LogP) is 2.92. The van der Waals surface area contributed by atoms with Crippen LogP contribution in [0.15, 0.2) is 24.3 Å². The van der Waals surface area contributed by atoms with Gasteiger partial charge in [0.25, 0.3) is 0 Å². The van der Waals surface area contributed by atoms with Crippen molar-refractivity contribution in [3.63, 3.8) is 0 Å². The van der Waals surface area contributed by atoms with Crippen LogP contribution in [-0.4, -0.2) is 57.2 Å².